The molecule has 4 heteroatoms. The molecule has 20 heavy (non-hydrogen) atoms. The maximum atomic E-state index is 12.8. The van der Waals surface area contributed by atoms with Crippen molar-refractivity contribution in [3.8, 4) is 0 Å². The normalized spacial score (nSPS) is 41.6. The number of halogens is 1. The van der Waals surface area contributed by atoms with E-state index in [2.05, 4.69) is 10.3 Å². The summed E-state index contributed by atoms with van der Waals surface area (Å²) in [6, 6.07) is 3.74. The summed E-state index contributed by atoms with van der Waals surface area (Å²) in [4.78, 5) is 16.8. The number of aromatic nitrogens is 1. The number of nitrogens with one attached hydrogen (secondary N) is 1. The lowest BCUT2D eigenvalue weighted by atomic mass is 9.49. The quantitative estimate of drug-likeness (QED) is 0.846. The first kappa shape index (κ1) is 12.6. The number of amides is 1. The molecule has 4 aliphatic rings. The van der Waals surface area contributed by atoms with Crippen LogP contribution in [0.4, 0.5) is 5.69 Å². The van der Waals surface area contributed by atoms with Crippen molar-refractivity contribution in [1.29, 1.82) is 0 Å². The first-order valence-electron chi connectivity index (χ1n) is 7.47. The standard InChI is InChI=1S/C16H19ClN2O/c17-16-7-11-4-12(8-16)6-15(5-11,10-16)14(20)19-13-2-1-3-18-9-13/h1-3,9,11-12H,4-8,10H2,(H,19,20). The van der Waals surface area contributed by atoms with Gasteiger partial charge >= 0.3 is 0 Å². The van der Waals surface area contributed by atoms with E-state index in [0.29, 0.717) is 11.8 Å². The number of nitrogens with zero attached hydrogens (tertiary/aromatic N) is 1. The van der Waals surface area contributed by atoms with E-state index in [-0.39, 0.29) is 16.2 Å². The Morgan fingerprint density at radius 2 is 2.05 bits per heavy atom. The number of carbonyl (C=O) groups is 1. The Bertz CT molecular complexity index is 531. The average molecular weight is 291 g/mol. The van der Waals surface area contributed by atoms with Crippen molar-refractivity contribution in [2.75, 3.05) is 5.32 Å². The molecule has 0 radical (unpaired) electrons. The van der Waals surface area contributed by atoms with Crippen molar-refractivity contribution >= 4 is 23.2 Å². The number of hydrogen-bond acceptors (Lipinski definition) is 2. The SMILES string of the molecule is O=C(Nc1cccnc1)C12CC3CC(CC(Cl)(C3)C1)C2. The van der Waals surface area contributed by atoms with Crippen molar-refractivity contribution in [2.45, 2.75) is 43.4 Å². The van der Waals surface area contributed by atoms with Crippen LogP contribution in [0.2, 0.25) is 0 Å². The van der Waals surface area contributed by atoms with Gasteiger partial charge in [0.05, 0.1) is 17.3 Å². The van der Waals surface area contributed by atoms with E-state index in [1.807, 2.05) is 12.1 Å². The van der Waals surface area contributed by atoms with Gasteiger partial charge in [-0.15, -0.1) is 11.6 Å². The molecule has 4 saturated carbocycles. The van der Waals surface area contributed by atoms with Crippen LogP contribution in [0, 0.1) is 17.3 Å². The van der Waals surface area contributed by atoms with Crippen molar-refractivity contribution in [1.82, 2.24) is 4.98 Å². The zero-order chi connectivity index (χ0) is 13.8. The maximum Gasteiger partial charge on any atom is 0.230 e. The van der Waals surface area contributed by atoms with Gasteiger partial charge in [0.25, 0.3) is 0 Å². The number of alkyl halides is 1. The van der Waals surface area contributed by atoms with Crippen molar-refractivity contribution < 1.29 is 4.79 Å². The molecule has 1 aromatic heterocycles. The minimum atomic E-state index is -0.234. The van der Waals surface area contributed by atoms with E-state index in [4.69, 9.17) is 11.6 Å². The van der Waals surface area contributed by atoms with Gasteiger partial charge in [0.1, 0.15) is 0 Å². The highest BCUT2D eigenvalue weighted by Gasteiger charge is 2.60. The first-order valence-corrected chi connectivity index (χ1v) is 7.85. The number of carbonyl (C=O) groups excluding carboxylic acids is 1. The molecule has 4 fully saturated rings. The second kappa shape index (κ2) is 4.20. The van der Waals surface area contributed by atoms with Crippen LogP contribution in [0.15, 0.2) is 24.5 Å². The monoisotopic (exact) mass is 290 g/mol. The van der Waals surface area contributed by atoms with Crippen LogP contribution in [0.25, 0.3) is 0 Å². The van der Waals surface area contributed by atoms with E-state index >= 15 is 0 Å². The van der Waals surface area contributed by atoms with Crippen molar-refractivity contribution in [3.05, 3.63) is 24.5 Å². The summed E-state index contributed by atoms with van der Waals surface area (Å²) >= 11 is 6.78. The van der Waals surface area contributed by atoms with E-state index in [9.17, 15) is 4.79 Å². The zero-order valence-corrected chi connectivity index (χ0v) is 12.2. The average Bonchev–Trinajstić information content (AvgIpc) is 2.37. The summed E-state index contributed by atoms with van der Waals surface area (Å²) in [5, 5.41) is 3.06. The maximum absolute atomic E-state index is 12.8. The molecule has 5 rings (SSSR count). The van der Waals surface area contributed by atoms with Gasteiger partial charge in [-0.1, -0.05) is 0 Å². The number of hydrogen-bond donors (Lipinski definition) is 1. The summed E-state index contributed by atoms with van der Waals surface area (Å²) in [6.45, 7) is 0. The molecular formula is C16H19ClN2O. The summed E-state index contributed by atoms with van der Waals surface area (Å²) in [5.74, 6) is 1.45. The molecule has 0 aliphatic heterocycles. The largest absolute Gasteiger partial charge is 0.324 e. The van der Waals surface area contributed by atoms with Crippen LogP contribution in [0.5, 0.6) is 0 Å². The molecule has 1 aromatic rings. The van der Waals surface area contributed by atoms with Gasteiger partial charge in [0, 0.05) is 11.1 Å². The molecule has 3 nitrogen and oxygen atoms in total. The highest BCUT2D eigenvalue weighted by Crippen LogP contribution is 2.64. The molecule has 1 heterocycles. The highest BCUT2D eigenvalue weighted by atomic mass is 35.5. The van der Waals surface area contributed by atoms with Gasteiger partial charge in [-0.05, 0) is 62.5 Å². The number of anilines is 1. The van der Waals surface area contributed by atoms with E-state index in [1.165, 1.54) is 6.42 Å². The van der Waals surface area contributed by atoms with E-state index in [1.54, 1.807) is 12.4 Å². The van der Waals surface area contributed by atoms with Crippen LogP contribution in [-0.4, -0.2) is 15.8 Å². The minimum absolute atomic E-state index is 0.115. The van der Waals surface area contributed by atoms with Gasteiger partial charge in [0.2, 0.25) is 5.91 Å². The fraction of sp³-hybridized carbons (Fsp3) is 0.625. The van der Waals surface area contributed by atoms with Gasteiger partial charge in [-0.2, -0.15) is 0 Å². The first-order chi connectivity index (χ1) is 9.57. The Morgan fingerprint density at radius 3 is 2.65 bits per heavy atom. The molecule has 0 saturated heterocycles. The topological polar surface area (TPSA) is 42.0 Å². The van der Waals surface area contributed by atoms with E-state index in [0.717, 1.165) is 37.8 Å². The summed E-state index contributed by atoms with van der Waals surface area (Å²) < 4.78 is 0. The molecule has 2 unspecified atom stereocenters. The van der Waals surface area contributed by atoms with Crippen LogP contribution in [0.3, 0.4) is 0 Å². The van der Waals surface area contributed by atoms with Gasteiger partial charge in [-0.25, -0.2) is 0 Å². The second-order valence-electron chi connectivity index (χ2n) is 7.09. The third kappa shape index (κ3) is 1.95. The smallest absolute Gasteiger partial charge is 0.230 e. The summed E-state index contributed by atoms with van der Waals surface area (Å²) in [5.41, 5.74) is 0.554. The van der Waals surface area contributed by atoms with Gasteiger partial charge in [0.15, 0.2) is 0 Å². The van der Waals surface area contributed by atoms with Gasteiger partial charge in [-0.3, -0.25) is 9.78 Å². The predicted molar refractivity (Wildman–Crippen MR) is 78.6 cm³/mol. The van der Waals surface area contributed by atoms with Crippen LogP contribution in [-0.2, 0) is 4.79 Å². The molecular weight excluding hydrogens is 272 g/mol. The molecule has 4 bridgehead atoms. The van der Waals surface area contributed by atoms with Crippen molar-refractivity contribution in [3.63, 3.8) is 0 Å². The minimum Gasteiger partial charge on any atom is -0.324 e. The number of rotatable bonds is 2. The molecule has 0 aromatic carbocycles. The third-order valence-corrected chi connectivity index (χ3v) is 5.83. The van der Waals surface area contributed by atoms with Crippen LogP contribution in [0.1, 0.15) is 38.5 Å². The van der Waals surface area contributed by atoms with Crippen LogP contribution < -0.4 is 5.32 Å². The lowest BCUT2D eigenvalue weighted by Gasteiger charge is -2.59. The molecule has 4 aliphatic carbocycles. The van der Waals surface area contributed by atoms with E-state index < -0.39 is 0 Å². The fourth-order valence-electron chi connectivity index (χ4n) is 5.12. The van der Waals surface area contributed by atoms with Crippen molar-refractivity contribution in [2.24, 2.45) is 17.3 Å². The Balaban J connectivity index is 1.60. The fourth-order valence-corrected chi connectivity index (χ4v) is 5.81. The Kier molecular flexibility index (Phi) is 2.65. The third-order valence-electron chi connectivity index (χ3n) is 5.39. The summed E-state index contributed by atoms with van der Waals surface area (Å²) in [7, 11) is 0. The molecule has 1 amide bonds. The lowest BCUT2D eigenvalue weighted by molar-refractivity contribution is -0.138. The predicted octanol–water partition coefficient (Wildman–Crippen LogP) is 3.60. The Morgan fingerprint density at radius 1 is 1.30 bits per heavy atom. The van der Waals surface area contributed by atoms with Gasteiger partial charge < -0.3 is 5.32 Å². The highest BCUT2D eigenvalue weighted by molar-refractivity contribution is 6.24. The van der Waals surface area contributed by atoms with Crippen LogP contribution >= 0.6 is 11.6 Å². The molecule has 106 valence electrons. The Hall–Kier alpha value is -1.09. The zero-order valence-electron chi connectivity index (χ0n) is 11.4. The summed E-state index contributed by atoms with van der Waals surface area (Å²) in [6.07, 6.45) is 9.79. The molecule has 2 atom stereocenters. The molecule has 1 N–H and O–H groups in total. The number of pyridine rings is 1. The lowest BCUT2D eigenvalue weighted by Crippen LogP contribution is -2.57. The molecule has 0 spiro atoms. The Labute approximate surface area is 124 Å². The second-order valence-corrected chi connectivity index (χ2v) is 7.89.